The fourth-order valence-corrected chi connectivity index (χ4v) is 4.31. The normalized spacial score (nSPS) is 27.9. The Morgan fingerprint density at radius 3 is 2.79 bits per heavy atom. The first-order valence-electron chi connectivity index (χ1n) is 11.1. The largest absolute Gasteiger partial charge is 0.380 e. The summed E-state index contributed by atoms with van der Waals surface area (Å²) in [6, 6.07) is 9.57. The van der Waals surface area contributed by atoms with E-state index >= 15 is 0 Å². The van der Waals surface area contributed by atoms with Gasteiger partial charge in [0.2, 0.25) is 6.34 Å². The number of fused-ring (bicyclic) bond motifs is 2. The van der Waals surface area contributed by atoms with Crippen LogP contribution in [-0.2, 0) is 14.2 Å². The maximum absolute atomic E-state index is 8.90. The molecule has 1 aromatic heterocycles. The number of nitrogens with zero attached hydrogens (tertiary/aromatic N) is 5. The van der Waals surface area contributed by atoms with Gasteiger partial charge in [-0.15, -0.1) is 0 Å². The van der Waals surface area contributed by atoms with Gasteiger partial charge in [-0.1, -0.05) is 34.3 Å². The maximum Gasteiger partial charge on any atom is 0.315 e. The van der Waals surface area contributed by atoms with Gasteiger partial charge >= 0.3 is 5.82 Å². The number of anilines is 1. The summed E-state index contributed by atoms with van der Waals surface area (Å²) < 4.78 is 20.4. The first kappa shape index (κ1) is 22.3. The summed E-state index contributed by atoms with van der Waals surface area (Å²) >= 11 is 0. The second-order valence-corrected chi connectivity index (χ2v) is 8.73. The van der Waals surface area contributed by atoms with Crippen LogP contribution in [0, 0.1) is 11.3 Å². The van der Waals surface area contributed by atoms with Crippen LogP contribution in [0.1, 0.15) is 25.0 Å². The van der Waals surface area contributed by atoms with Crippen LogP contribution in [0.3, 0.4) is 0 Å². The zero-order valence-corrected chi connectivity index (χ0v) is 19.0. The number of nitrogen functional groups attached to an aromatic ring is 1. The lowest BCUT2D eigenvalue weighted by Crippen LogP contribution is -2.37. The van der Waals surface area contributed by atoms with Crippen LogP contribution in [0.2, 0.25) is 0 Å². The molecule has 2 saturated heterocycles. The molecule has 10 nitrogen and oxygen atoms in total. The number of aromatic nitrogens is 2. The second-order valence-electron chi connectivity index (χ2n) is 8.73. The van der Waals surface area contributed by atoms with E-state index in [0.717, 1.165) is 5.56 Å². The Bertz CT molecular complexity index is 1200. The zero-order valence-electron chi connectivity index (χ0n) is 19.0. The Morgan fingerprint density at radius 1 is 1.21 bits per heavy atom. The molecule has 174 valence electrons. The summed E-state index contributed by atoms with van der Waals surface area (Å²) in [6.45, 7) is 5.09. The summed E-state index contributed by atoms with van der Waals surface area (Å²) in [4.78, 5) is 12.6. The highest BCUT2D eigenvalue weighted by atomic mass is 16.8. The summed E-state index contributed by atoms with van der Waals surface area (Å²) in [7, 11) is 0. The minimum atomic E-state index is -0.692. The fourth-order valence-electron chi connectivity index (χ4n) is 4.31. The minimum absolute atomic E-state index is 0.189. The molecule has 3 aliphatic heterocycles. The molecule has 1 unspecified atom stereocenters. The number of aliphatic imine (C=N–C) groups is 1. The molecule has 1 aromatic carbocycles. The van der Waals surface area contributed by atoms with Crippen molar-refractivity contribution in [3.8, 4) is 6.07 Å². The zero-order chi connectivity index (χ0) is 23.7. The second kappa shape index (κ2) is 9.04. The van der Waals surface area contributed by atoms with Crippen LogP contribution in [-0.4, -0.2) is 70.4 Å². The molecule has 3 N–H and O–H groups in total. The van der Waals surface area contributed by atoms with Gasteiger partial charge in [-0.05, 0) is 31.5 Å². The van der Waals surface area contributed by atoms with Crippen molar-refractivity contribution in [1.29, 1.82) is 5.26 Å². The first-order chi connectivity index (χ1) is 16.4. The number of hydrogen-bond donors (Lipinski definition) is 2. The predicted molar refractivity (Wildman–Crippen MR) is 126 cm³/mol. The van der Waals surface area contributed by atoms with Crippen molar-refractivity contribution in [2.45, 2.75) is 44.1 Å². The predicted octanol–water partition coefficient (Wildman–Crippen LogP) is 1.91. The molecule has 2 aromatic rings. The van der Waals surface area contributed by atoms with Crippen molar-refractivity contribution in [2.24, 2.45) is 4.99 Å². The Morgan fingerprint density at radius 2 is 2.00 bits per heavy atom. The number of nitrogens with one attached hydrogen (secondary N) is 1. The third-order valence-electron chi connectivity index (χ3n) is 5.84. The fraction of sp³-hybridized carbons (Fsp3) is 0.375. The van der Waals surface area contributed by atoms with Crippen LogP contribution < -0.4 is 11.1 Å². The number of rotatable bonds is 6. The lowest BCUT2D eigenvalue weighted by atomic mass is 10.1. The summed E-state index contributed by atoms with van der Waals surface area (Å²) in [6.07, 6.45) is 8.01. The molecule has 5 rings (SSSR count). The Labute approximate surface area is 197 Å². The molecule has 0 amide bonds. The maximum atomic E-state index is 8.90. The SMILES string of the molecule is CC1(C)O[C@@H]2[C@@H](CNC/C=C/c3ccc(C#N)cc3)OC(C=[N+]3C=Nc4c(N)ncnc43)[C@@H]2O1. The smallest absolute Gasteiger partial charge is 0.315 e. The molecule has 4 heterocycles. The number of hydrogen-bond acceptors (Lipinski definition) is 9. The molecule has 0 bridgehead atoms. The Kier molecular flexibility index (Phi) is 5.93. The van der Waals surface area contributed by atoms with E-state index in [1.54, 1.807) is 23.0 Å². The van der Waals surface area contributed by atoms with Gasteiger partial charge in [0, 0.05) is 13.1 Å². The molecule has 4 atom stereocenters. The molecular weight excluding hydrogens is 434 g/mol. The Balaban J connectivity index is 1.23. The van der Waals surface area contributed by atoms with Gasteiger partial charge in [-0.3, -0.25) is 0 Å². The van der Waals surface area contributed by atoms with Crippen molar-refractivity contribution in [3.63, 3.8) is 0 Å². The molecule has 0 spiro atoms. The molecule has 0 radical (unpaired) electrons. The highest BCUT2D eigenvalue weighted by molar-refractivity contribution is 5.81. The van der Waals surface area contributed by atoms with Crippen molar-refractivity contribution in [2.75, 3.05) is 18.8 Å². The van der Waals surface area contributed by atoms with Crippen LogP contribution in [0.4, 0.5) is 17.3 Å². The van der Waals surface area contributed by atoms with Gasteiger partial charge < -0.3 is 25.3 Å². The lowest BCUT2D eigenvalue weighted by Gasteiger charge is -2.23. The summed E-state index contributed by atoms with van der Waals surface area (Å²) in [5.74, 6) is 0.253. The molecule has 2 fully saturated rings. The van der Waals surface area contributed by atoms with Gasteiger partial charge in [0.25, 0.3) is 5.69 Å². The number of nitrogens with two attached hydrogens (primary N) is 1. The van der Waals surface area contributed by atoms with E-state index in [-0.39, 0.29) is 24.4 Å². The van der Waals surface area contributed by atoms with Crippen molar-refractivity contribution < 1.29 is 18.8 Å². The third kappa shape index (κ3) is 4.47. The van der Waals surface area contributed by atoms with E-state index < -0.39 is 5.79 Å². The van der Waals surface area contributed by atoms with Crippen molar-refractivity contribution >= 4 is 36.0 Å². The van der Waals surface area contributed by atoms with E-state index in [2.05, 4.69) is 26.3 Å². The lowest BCUT2D eigenvalue weighted by molar-refractivity contribution is -0.295. The highest BCUT2D eigenvalue weighted by Crippen LogP contribution is 2.39. The average Bonchev–Trinajstić information content (AvgIpc) is 3.47. The third-order valence-corrected chi connectivity index (χ3v) is 5.84. The van der Waals surface area contributed by atoms with E-state index in [0.29, 0.717) is 36.0 Å². The quantitative estimate of drug-likeness (QED) is 0.494. The number of nitriles is 1. The van der Waals surface area contributed by atoms with Crippen molar-refractivity contribution in [1.82, 2.24) is 15.3 Å². The van der Waals surface area contributed by atoms with Crippen LogP contribution >= 0.6 is 0 Å². The highest BCUT2D eigenvalue weighted by Gasteiger charge is 2.55. The number of ether oxygens (including phenoxy) is 3. The Hall–Kier alpha value is -3.49. The van der Waals surface area contributed by atoms with Gasteiger partial charge in [0.15, 0.2) is 17.9 Å². The number of benzene rings is 1. The summed E-state index contributed by atoms with van der Waals surface area (Å²) in [5, 5.41) is 12.3. The molecule has 0 saturated carbocycles. The van der Waals surface area contributed by atoms with Gasteiger partial charge in [0.1, 0.15) is 18.3 Å². The van der Waals surface area contributed by atoms with Gasteiger partial charge in [-0.25, -0.2) is 4.58 Å². The molecular formula is C24H26N7O3+. The van der Waals surface area contributed by atoms with Gasteiger partial charge in [-0.2, -0.15) is 10.2 Å². The topological polar surface area (TPSA) is 131 Å². The van der Waals surface area contributed by atoms with E-state index in [9.17, 15) is 0 Å². The van der Waals surface area contributed by atoms with E-state index in [1.807, 2.05) is 44.3 Å². The van der Waals surface area contributed by atoms with Crippen molar-refractivity contribution in [3.05, 3.63) is 47.8 Å². The monoisotopic (exact) mass is 460 g/mol. The molecule has 10 heteroatoms. The summed E-state index contributed by atoms with van der Waals surface area (Å²) in [5.41, 5.74) is 8.14. The molecule has 3 aliphatic rings. The van der Waals surface area contributed by atoms with Crippen LogP contribution in [0.25, 0.3) is 6.08 Å². The standard InChI is InChI=1S/C24H26N7O3/c1-24(2)33-20-17(11-27-9-3-4-15-5-7-16(10-25)8-6-15)32-18(21(20)34-24)12-31-14-30-19-22(26)28-13-29-23(19)31/h3-8,12-14,17-18,20-21,27H,9,11H2,1-2H3,(H2,26,28,29)/q+1/b4-3+,31-12?/t17-,18?,20-,21+/m1/s1. The van der Waals surface area contributed by atoms with Gasteiger partial charge in [0.05, 0.1) is 24.0 Å². The van der Waals surface area contributed by atoms with E-state index in [1.165, 1.54) is 6.33 Å². The first-order valence-corrected chi connectivity index (χ1v) is 11.1. The average molecular weight is 461 g/mol. The minimum Gasteiger partial charge on any atom is -0.380 e. The molecule has 0 aliphatic carbocycles. The molecule has 34 heavy (non-hydrogen) atoms. The van der Waals surface area contributed by atoms with Crippen LogP contribution in [0.5, 0.6) is 0 Å². The van der Waals surface area contributed by atoms with Crippen LogP contribution in [0.15, 0.2) is 41.7 Å². The van der Waals surface area contributed by atoms with E-state index in [4.69, 9.17) is 25.2 Å².